The largest absolute Gasteiger partial charge is 0.424 e. The third kappa shape index (κ3) is 3.16. The normalized spacial score (nSPS) is 10.6. The van der Waals surface area contributed by atoms with Crippen LogP contribution in [0.5, 0.6) is 11.8 Å². The molecule has 0 aliphatic heterocycles. The van der Waals surface area contributed by atoms with Crippen molar-refractivity contribution in [1.29, 1.82) is 0 Å². The van der Waals surface area contributed by atoms with E-state index in [-0.39, 0.29) is 11.9 Å². The van der Waals surface area contributed by atoms with Crippen molar-refractivity contribution in [2.24, 2.45) is 0 Å². The summed E-state index contributed by atoms with van der Waals surface area (Å²) >= 11 is 0. The lowest BCUT2D eigenvalue weighted by Crippen LogP contribution is -2.12. The fourth-order valence-electron chi connectivity index (χ4n) is 2.41. The summed E-state index contributed by atoms with van der Waals surface area (Å²) in [4.78, 5) is 20.5. The Bertz CT molecular complexity index is 1010. The third-order valence-corrected chi connectivity index (χ3v) is 3.58. The summed E-state index contributed by atoms with van der Waals surface area (Å²) in [6.07, 6.45) is 4.89. The molecule has 0 aliphatic carbocycles. The maximum absolute atomic E-state index is 12.5. The van der Waals surface area contributed by atoms with Crippen LogP contribution in [0.2, 0.25) is 0 Å². The standard InChI is InChI=1S/C18H13N5O2/c24-17(15-4-1-3-12-11-21-23-16(12)15)22-13-5-7-14(8-6-13)25-18-19-9-2-10-20-18/h1-11H,(H,21,23)(H,22,24). The van der Waals surface area contributed by atoms with Gasteiger partial charge in [-0.15, -0.1) is 0 Å². The minimum absolute atomic E-state index is 0.213. The van der Waals surface area contributed by atoms with Gasteiger partial charge in [-0.2, -0.15) is 5.10 Å². The van der Waals surface area contributed by atoms with E-state index in [0.29, 0.717) is 22.5 Å². The number of rotatable bonds is 4. The Kier molecular flexibility index (Phi) is 3.80. The molecular formula is C18H13N5O2. The van der Waals surface area contributed by atoms with Gasteiger partial charge in [-0.1, -0.05) is 12.1 Å². The molecule has 25 heavy (non-hydrogen) atoms. The first-order valence-electron chi connectivity index (χ1n) is 7.58. The summed E-state index contributed by atoms with van der Waals surface area (Å²) in [5, 5.41) is 10.6. The number of carbonyl (C=O) groups excluding carboxylic acids is 1. The van der Waals surface area contributed by atoms with Crippen LogP contribution < -0.4 is 10.1 Å². The van der Waals surface area contributed by atoms with Crippen LogP contribution in [-0.2, 0) is 0 Å². The monoisotopic (exact) mass is 331 g/mol. The number of fused-ring (bicyclic) bond motifs is 1. The summed E-state index contributed by atoms with van der Waals surface area (Å²) in [5.41, 5.74) is 1.90. The first-order chi connectivity index (χ1) is 12.3. The summed E-state index contributed by atoms with van der Waals surface area (Å²) < 4.78 is 5.52. The van der Waals surface area contributed by atoms with Gasteiger partial charge in [0.2, 0.25) is 0 Å². The van der Waals surface area contributed by atoms with Gasteiger partial charge in [0.25, 0.3) is 5.91 Å². The molecule has 2 aromatic carbocycles. The molecule has 4 aromatic rings. The predicted molar refractivity (Wildman–Crippen MR) is 92.6 cm³/mol. The van der Waals surface area contributed by atoms with Crippen molar-refractivity contribution < 1.29 is 9.53 Å². The van der Waals surface area contributed by atoms with Crippen LogP contribution in [-0.4, -0.2) is 26.1 Å². The molecule has 2 N–H and O–H groups in total. The molecule has 0 radical (unpaired) electrons. The topological polar surface area (TPSA) is 92.8 Å². The number of nitrogens with zero attached hydrogens (tertiary/aromatic N) is 3. The molecule has 0 bridgehead atoms. The molecule has 7 nitrogen and oxygen atoms in total. The third-order valence-electron chi connectivity index (χ3n) is 3.58. The van der Waals surface area contributed by atoms with Crippen LogP contribution in [0.15, 0.2) is 67.1 Å². The number of aromatic amines is 1. The molecule has 0 fully saturated rings. The molecule has 7 heteroatoms. The van der Waals surface area contributed by atoms with E-state index < -0.39 is 0 Å². The van der Waals surface area contributed by atoms with E-state index in [1.165, 1.54) is 0 Å². The number of nitrogens with one attached hydrogen (secondary N) is 2. The maximum atomic E-state index is 12.5. The Hall–Kier alpha value is -3.74. The Morgan fingerprint density at radius 2 is 1.80 bits per heavy atom. The van der Waals surface area contributed by atoms with Gasteiger partial charge in [-0.3, -0.25) is 9.89 Å². The van der Waals surface area contributed by atoms with Crippen LogP contribution in [0.1, 0.15) is 10.4 Å². The maximum Gasteiger partial charge on any atom is 0.321 e. The first-order valence-corrected chi connectivity index (χ1v) is 7.58. The van der Waals surface area contributed by atoms with Gasteiger partial charge in [-0.05, 0) is 36.4 Å². The second kappa shape index (κ2) is 6.40. The molecule has 2 aromatic heterocycles. The van der Waals surface area contributed by atoms with E-state index in [0.717, 1.165) is 5.39 Å². The first kappa shape index (κ1) is 14.8. The summed E-state index contributed by atoms with van der Waals surface area (Å²) in [5.74, 6) is 0.370. The quantitative estimate of drug-likeness (QED) is 0.598. The predicted octanol–water partition coefficient (Wildman–Crippen LogP) is 3.40. The highest BCUT2D eigenvalue weighted by atomic mass is 16.5. The highest BCUT2D eigenvalue weighted by molar-refractivity contribution is 6.11. The molecule has 4 rings (SSSR count). The molecular weight excluding hydrogens is 318 g/mol. The number of anilines is 1. The van der Waals surface area contributed by atoms with E-state index >= 15 is 0 Å². The summed E-state index contributed by atoms with van der Waals surface area (Å²) in [6, 6.07) is 14.4. The number of ether oxygens (including phenoxy) is 1. The lowest BCUT2D eigenvalue weighted by Gasteiger charge is -2.07. The van der Waals surface area contributed by atoms with Gasteiger partial charge >= 0.3 is 6.01 Å². The van der Waals surface area contributed by atoms with Crippen molar-refractivity contribution in [1.82, 2.24) is 20.2 Å². The number of carbonyl (C=O) groups is 1. The summed E-state index contributed by atoms with van der Waals surface area (Å²) in [6.45, 7) is 0. The Labute approximate surface area is 142 Å². The van der Waals surface area contributed by atoms with Crippen molar-refractivity contribution in [2.75, 3.05) is 5.32 Å². The van der Waals surface area contributed by atoms with Gasteiger partial charge in [0.15, 0.2) is 0 Å². The number of aromatic nitrogens is 4. The fraction of sp³-hybridized carbons (Fsp3) is 0. The van der Waals surface area contributed by atoms with E-state index in [9.17, 15) is 4.79 Å². The highest BCUT2D eigenvalue weighted by Gasteiger charge is 2.11. The minimum atomic E-state index is -0.213. The van der Waals surface area contributed by atoms with Crippen molar-refractivity contribution in [3.8, 4) is 11.8 Å². The zero-order chi connectivity index (χ0) is 17.1. The molecule has 0 spiro atoms. The zero-order valence-corrected chi connectivity index (χ0v) is 13.0. The molecule has 0 unspecified atom stereocenters. The summed E-state index contributed by atoms with van der Waals surface area (Å²) in [7, 11) is 0. The smallest absolute Gasteiger partial charge is 0.321 e. The molecule has 0 saturated carbocycles. The lowest BCUT2D eigenvalue weighted by molar-refractivity contribution is 0.102. The highest BCUT2D eigenvalue weighted by Crippen LogP contribution is 2.21. The number of amides is 1. The molecule has 122 valence electrons. The zero-order valence-electron chi connectivity index (χ0n) is 13.0. The van der Waals surface area contributed by atoms with Gasteiger partial charge in [0.05, 0.1) is 17.3 Å². The number of benzene rings is 2. The van der Waals surface area contributed by atoms with Crippen LogP contribution >= 0.6 is 0 Å². The van der Waals surface area contributed by atoms with E-state index in [1.807, 2.05) is 12.1 Å². The average molecular weight is 331 g/mol. The Morgan fingerprint density at radius 1 is 1.00 bits per heavy atom. The molecule has 1 amide bonds. The second-order valence-corrected chi connectivity index (χ2v) is 5.25. The second-order valence-electron chi connectivity index (χ2n) is 5.25. The van der Waals surface area contributed by atoms with E-state index in [2.05, 4.69) is 25.5 Å². The van der Waals surface area contributed by atoms with Crippen molar-refractivity contribution in [2.45, 2.75) is 0 Å². The van der Waals surface area contributed by atoms with Crippen LogP contribution in [0.25, 0.3) is 10.9 Å². The van der Waals surface area contributed by atoms with Crippen LogP contribution in [0.3, 0.4) is 0 Å². The van der Waals surface area contributed by atoms with Crippen molar-refractivity contribution >= 4 is 22.5 Å². The van der Waals surface area contributed by atoms with Crippen LogP contribution in [0, 0.1) is 0 Å². The molecule has 0 saturated heterocycles. The van der Waals surface area contributed by atoms with Crippen molar-refractivity contribution in [3.05, 3.63) is 72.7 Å². The molecule has 0 atom stereocenters. The SMILES string of the molecule is O=C(Nc1ccc(Oc2ncccn2)cc1)c1cccc2cn[nH]c12. The van der Waals surface area contributed by atoms with Gasteiger partial charge in [-0.25, -0.2) is 9.97 Å². The Morgan fingerprint density at radius 3 is 2.60 bits per heavy atom. The van der Waals surface area contributed by atoms with Crippen LogP contribution in [0.4, 0.5) is 5.69 Å². The van der Waals surface area contributed by atoms with E-state index in [4.69, 9.17) is 4.74 Å². The van der Waals surface area contributed by atoms with Gasteiger partial charge < -0.3 is 10.1 Å². The number of hydrogen-bond donors (Lipinski definition) is 2. The molecule has 2 heterocycles. The van der Waals surface area contributed by atoms with Crippen molar-refractivity contribution in [3.63, 3.8) is 0 Å². The van der Waals surface area contributed by atoms with Gasteiger partial charge in [0.1, 0.15) is 5.75 Å². The minimum Gasteiger partial charge on any atom is -0.424 e. The Balaban J connectivity index is 1.49. The average Bonchev–Trinajstić information content (AvgIpc) is 3.13. The van der Waals surface area contributed by atoms with E-state index in [1.54, 1.807) is 55.0 Å². The van der Waals surface area contributed by atoms with Gasteiger partial charge in [0, 0.05) is 23.5 Å². The fourth-order valence-corrected chi connectivity index (χ4v) is 2.41. The number of hydrogen-bond acceptors (Lipinski definition) is 5. The lowest BCUT2D eigenvalue weighted by atomic mass is 10.1. The number of H-pyrrole nitrogens is 1. The molecule has 0 aliphatic rings. The number of para-hydroxylation sites is 1.